The number of nitrogens with one attached hydrogen (secondary N) is 3. The highest BCUT2D eigenvalue weighted by Crippen LogP contribution is 2.36. The predicted molar refractivity (Wildman–Crippen MR) is 142 cm³/mol. The summed E-state index contributed by atoms with van der Waals surface area (Å²) in [7, 11) is 0. The SMILES string of the molecule is O=C(NNc1ncc(F)c(N2CCOCC2)n1)c1ccc(Nc2cc(-c3cccc(O)c3)cc(C(F)(F)F)c2)cn1. The summed E-state index contributed by atoms with van der Waals surface area (Å²) < 4.78 is 60.2. The standard InChI is InChI=1S/C27H23F4N7O3/c28-22-15-33-26(35-24(22)38-6-8-41-9-7-38)37-36-25(40)23-5-4-19(14-32-23)34-20-11-17(10-18(13-20)27(29,30)31)16-2-1-3-21(39)12-16/h1-5,10-15,34,39H,6-9H2,(H,36,40)(H,33,35,37). The number of amides is 1. The molecule has 2 aromatic carbocycles. The Morgan fingerprint density at radius 3 is 2.46 bits per heavy atom. The number of benzene rings is 2. The van der Waals surface area contributed by atoms with Crippen molar-refractivity contribution in [1.82, 2.24) is 20.4 Å². The third kappa shape index (κ3) is 6.78. The number of pyridine rings is 1. The average Bonchev–Trinajstić information content (AvgIpc) is 2.97. The van der Waals surface area contributed by atoms with Crippen molar-refractivity contribution >= 4 is 29.0 Å². The van der Waals surface area contributed by atoms with Crippen molar-refractivity contribution < 1.29 is 32.2 Å². The lowest BCUT2D eigenvalue weighted by molar-refractivity contribution is -0.137. The summed E-state index contributed by atoms with van der Waals surface area (Å²) in [6, 6.07) is 12.2. The van der Waals surface area contributed by atoms with Gasteiger partial charge in [-0.1, -0.05) is 12.1 Å². The van der Waals surface area contributed by atoms with Gasteiger partial charge in [0, 0.05) is 18.8 Å². The number of hydrogen-bond acceptors (Lipinski definition) is 9. The number of ether oxygens (including phenoxy) is 1. The number of carbonyl (C=O) groups excluding carboxylic acids is 1. The molecule has 1 saturated heterocycles. The zero-order valence-electron chi connectivity index (χ0n) is 21.2. The van der Waals surface area contributed by atoms with E-state index in [2.05, 4.69) is 31.1 Å². The molecule has 5 rings (SSSR count). The molecule has 10 nitrogen and oxygen atoms in total. The van der Waals surface area contributed by atoms with Crippen molar-refractivity contribution in [3.63, 3.8) is 0 Å². The summed E-state index contributed by atoms with van der Waals surface area (Å²) in [5, 5.41) is 12.6. The normalized spacial score (nSPS) is 13.5. The number of aromatic nitrogens is 3. The van der Waals surface area contributed by atoms with Crippen molar-refractivity contribution in [2.24, 2.45) is 0 Å². The lowest BCUT2D eigenvalue weighted by Gasteiger charge is -2.28. The van der Waals surface area contributed by atoms with Gasteiger partial charge in [0.2, 0.25) is 5.95 Å². The van der Waals surface area contributed by atoms with E-state index in [9.17, 15) is 27.5 Å². The number of phenolic OH excluding ortho intramolecular Hbond substituents is 1. The Morgan fingerprint density at radius 1 is 0.951 bits per heavy atom. The first-order valence-electron chi connectivity index (χ1n) is 12.3. The largest absolute Gasteiger partial charge is 0.508 e. The Hall–Kier alpha value is -4.98. The van der Waals surface area contributed by atoms with Crippen LogP contribution in [-0.4, -0.2) is 52.3 Å². The fourth-order valence-electron chi connectivity index (χ4n) is 4.08. The third-order valence-electron chi connectivity index (χ3n) is 6.05. The van der Waals surface area contributed by atoms with Crippen molar-refractivity contribution in [2.75, 3.05) is 41.9 Å². The molecular weight excluding hydrogens is 546 g/mol. The summed E-state index contributed by atoms with van der Waals surface area (Å²) in [4.78, 5) is 26.3. The van der Waals surface area contributed by atoms with E-state index in [1.165, 1.54) is 42.6 Å². The van der Waals surface area contributed by atoms with E-state index in [0.29, 0.717) is 37.6 Å². The molecule has 4 N–H and O–H groups in total. The number of anilines is 4. The zero-order valence-corrected chi connectivity index (χ0v) is 21.2. The van der Waals surface area contributed by atoms with Crippen LogP contribution in [0.2, 0.25) is 0 Å². The number of nitrogens with zero attached hydrogens (tertiary/aromatic N) is 4. The minimum atomic E-state index is -4.60. The van der Waals surface area contributed by atoms with E-state index < -0.39 is 23.5 Å². The average molecular weight is 570 g/mol. The molecule has 212 valence electrons. The van der Waals surface area contributed by atoms with Crippen molar-refractivity contribution in [1.29, 1.82) is 0 Å². The molecule has 41 heavy (non-hydrogen) atoms. The van der Waals surface area contributed by atoms with Crippen LogP contribution >= 0.6 is 0 Å². The molecule has 1 aliphatic rings. The molecule has 0 atom stereocenters. The molecule has 0 aliphatic carbocycles. The van der Waals surface area contributed by atoms with Crippen LogP contribution in [-0.2, 0) is 10.9 Å². The molecule has 0 radical (unpaired) electrons. The number of hydrogen-bond donors (Lipinski definition) is 4. The molecule has 0 unspecified atom stereocenters. The maximum absolute atomic E-state index is 14.2. The number of carbonyl (C=O) groups is 1. The maximum Gasteiger partial charge on any atom is 0.416 e. The van der Waals surface area contributed by atoms with Gasteiger partial charge in [0.05, 0.1) is 36.9 Å². The fraction of sp³-hybridized carbons (Fsp3) is 0.185. The predicted octanol–water partition coefficient (Wildman–Crippen LogP) is 4.74. The van der Waals surface area contributed by atoms with Crippen LogP contribution in [0.15, 0.2) is 67.0 Å². The summed E-state index contributed by atoms with van der Waals surface area (Å²) in [6.45, 7) is 1.79. The Labute approximate surface area is 231 Å². The van der Waals surface area contributed by atoms with E-state index in [0.717, 1.165) is 18.3 Å². The minimum Gasteiger partial charge on any atom is -0.508 e. The van der Waals surface area contributed by atoms with Gasteiger partial charge < -0.3 is 20.1 Å². The van der Waals surface area contributed by atoms with Crippen molar-refractivity contribution in [2.45, 2.75) is 6.18 Å². The van der Waals surface area contributed by atoms with Gasteiger partial charge in [0.25, 0.3) is 5.91 Å². The minimum absolute atomic E-state index is 0.0111. The molecule has 0 saturated carbocycles. The van der Waals surface area contributed by atoms with Crippen molar-refractivity contribution in [3.8, 4) is 16.9 Å². The summed E-state index contributed by atoms with van der Waals surface area (Å²) in [6.07, 6.45) is -2.33. The first-order chi connectivity index (χ1) is 19.7. The highest BCUT2D eigenvalue weighted by Gasteiger charge is 2.31. The summed E-state index contributed by atoms with van der Waals surface area (Å²) in [5.74, 6) is -1.29. The van der Waals surface area contributed by atoms with Gasteiger partial charge in [-0.2, -0.15) is 18.2 Å². The monoisotopic (exact) mass is 569 g/mol. The van der Waals surface area contributed by atoms with Gasteiger partial charge in [0.15, 0.2) is 11.6 Å². The quantitative estimate of drug-likeness (QED) is 0.185. The van der Waals surface area contributed by atoms with Crippen LogP contribution in [0.5, 0.6) is 5.75 Å². The molecule has 1 fully saturated rings. The number of rotatable bonds is 7. The van der Waals surface area contributed by atoms with Gasteiger partial charge in [-0.3, -0.25) is 15.6 Å². The Balaban J connectivity index is 1.27. The Kier molecular flexibility index (Phi) is 7.83. The topological polar surface area (TPSA) is 125 Å². The third-order valence-corrected chi connectivity index (χ3v) is 6.05. The highest BCUT2D eigenvalue weighted by molar-refractivity contribution is 5.93. The number of morpholine rings is 1. The van der Waals surface area contributed by atoms with Gasteiger partial charge in [-0.05, 0) is 53.6 Å². The molecular formula is C27H23F4N7O3. The molecule has 4 aromatic rings. The molecule has 14 heteroatoms. The lowest BCUT2D eigenvalue weighted by atomic mass is 10.0. The highest BCUT2D eigenvalue weighted by atomic mass is 19.4. The Bertz CT molecular complexity index is 1550. The van der Waals surface area contributed by atoms with Gasteiger partial charge in [-0.15, -0.1) is 0 Å². The number of aromatic hydroxyl groups is 1. The van der Waals surface area contributed by atoms with Crippen LogP contribution in [0.25, 0.3) is 11.1 Å². The van der Waals surface area contributed by atoms with Crippen LogP contribution in [0, 0.1) is 5.82 Å². The second kappa shape index (κ2) is 11.6. The van der Waals surface area contributed by atoms with E-state index in [4.69, 9.17) is 4.74 Å². The molecule has 0 bridgehead atoms. The van der Waals surface area contributed by atoms with Gasteiger partial charge >= 0.3 is 6.18 Å². The zero-order chi connectivity index (χ0) is 29.0. The molecule has 3 heterocycles. The van der Waals surface area contributed by atoms with E-state index in [-0.39, 0.29) is 34.5 Å². The second-order valence-corrected chi connectivity index (χ2v) is 8.95. The van der Waals surface area contributed by atoms with Crippen LogP contribution in [0.4, 0.5) is 40.7 Å². The first-order valence-corrected chi connectivity index (χ1v) is 12.3. The fourth-order valence-corrected chi connectivity index (χ4v) is 4.08. The number of phenols is 1. The van der Waals surface area contributed by atoms with Crippen LogP contribution in [0.3, 0.4) is 0 Å². The van der Waals surface area contributed by atoms with Gasteiger partial charge in [-0.25, -0.2) is 14.4 Å². The van der Waals surface area contributed by atoms with Crippen LogP contribution in [0.1, 0.15) is 16.1 Å². The first kappa shape index (κ1) is 27.6. The molecule has 2 aromatic heterocycles. The Morgan fingerprint density at radius 2 is 1.76 bits per heavy atom. The number of alkyl halides is 3. The molecule has 0 spiro atoms. The number of hydrazine groups is 1. The summed E-state index contributed by atoms with van der Waals surface area (Å²) >= 11 is 0. The van der Waals surface area contributed by atoms with E-state index in [1.807, 2.05) is 0 Å². The second-order valence-electron chi connectivity index (χ2n) is 8.95. The summed E-state index contributed by atoms with van der Waals surface area (Å²) in [5.41, 5.74) is 5.11. The van der Waals surface area contributed by atoms with Crippen LogP contribution < -0.4 is 21.1 Å². The molecule has 1 amide bonds. The lowest BCUT2D eigenvalue weighted by Crippen LogP contribution is -2.38. The van der Waals surface area contributed by atoms with E-state index >= 15 is 0 Å². The number of halogens is 4. The smallest absolute Gasteiger partial charge is 0.416 e. The van der Waals surface area contributed by atoms with Gasteiger partial charge in [0.1, 0.15) is 11.4 Å². The van der Waals surface area contributed by atoms with E-state index in [1.54, 1.807) is 11.0 Å². The van der Waals surface area contributed by atoms with Crippen molar-refractivity contribution in [3.05, 3.63) is 84.1 Å². The maximum atomic E-state index is 14.2. The molecule has 1 aliphatic heterocycles.